The van der Waals surface area contributed by atoms with Crippen molar-refractivity contribution >= 4 is 45.8 Å². The minimum Gasteiger partial charge on any atom is -0.444 e. The third-order valence-electron chi connectivity index (χ3n) is 4.54. The van der Waals surface area contributed by atoms with Gasteiger partial charge in [-0.3, -0.25) is 14.4 Å². The van der Waals surface area contributed by atoms with Crippen molar-refractivity contribution in [2.75, 3.05) is 10.6 Å². The number of hydrogen-bond donors (Lipinski definition) is 3. The van der Waals surface area contributed by atoms with E-state index in [1.807, 2.05) is 0 Å². The Kier molecular flexibility index (Phi) is 9.19. The van der Waals surface area contributed by atoms with Crippen LogP contribution in [0.5, 0.6) is 0 Å². The Morgan fingerprint density at radius 2 is 1.75 bits per heavy atom. The number of carbonyl (C=O) groups excluding carboxylic acids is 4. The lowest BCUT2D eigenvalue weighted by molar-refractivity contribution is -0.137. The van der Waals surface area contributed by atoms with Gasteiger partial charge in [-0.25, -0.2) is 9.78 Å². The van der Waals surface area contributed by atoms with Crippen LogP contribution < -0.4 is 16.0 Å². The summed E-state index contributed by atoms with van der Waals surface area (Å²) in [5, 5.41) is 8.68. The molecule has 0 radical (unpaired) electrons. The monoisotopic (exact) mass is 528 g/mol. The van der Waals surface area contributed by atoms with Gasteiger partial charge in [0.1, 0.15) is 11.6 Å². The molecule has 13 heteroatoms. The molecule has 2 aromatic rings. The standard InChI is InChI=1S/C23H27F3N4O5S/c1-12(2)17(30-21(34)35-22(3,4)5)19(33)29-18-13(7-6-8-14(18)23(24,25)26)15(31)11-16(32)28-20-27-9-10-36-20/h6-10,12,17H,11H2,1-5H3,(H,29,33)(H,30,34)(H,27,28,32)/t17-/m0/s1. The lowest BCUT2D eigenvalue weighted by Crippen LogP contribution is -2.48. The van der Waals surface area contributed by atoms with Gasteiger partial charge in [0, 0.05) is 17.1 Å². The molecule has 3 amide bonds. The molecule has 3 N–H and O–H groups in total. The first-order valence-corrected chi connectivity index (χ1v) is 11.7. The Bertz CT molecular complexity index is 1110. The number of benzene rings is 1. The van der Waals surface area contributed by atoms with Crippen LogP contribution in [-0.2, 0) is 20.5 Å². The van der Waals surface area contributed by atoms with Crippen molar-refractivity contribution in [3.63, 3.8) is 0 Å². The first-order valence-electron chi connectivity index (χ1n) is 10.8. The average Bonchev–Trinajstić information content (AvgIpc) is 3.22. The van der Waals surface area contributed by atoms with Gasteiger partial charge in [-0.2, -0.15) is 13.2 Å². The molecule has 1 aromatic heterocycles. The smallest absolute Gasteiger partial charge is 0.418 e. The van der Waals surface area contributed by atoms with Gasteiger partial charge in [0.15, 0.2) is 10.9 Å². The van der Waals surface area contributed by atoms with Crippen LogP contribution in [0.15, 0.2) is 29.8 Å². The fourth-order valence-corrected chi connectivity index (χ4v) is 3.56. The van der Waals surface area contributed by atoms with E-state index in [9.17, 15) is 32.3 Å². The minimum absolute atomic E-state index is 0.221. The normalized spacial score (nSPS) is 12.6. The molecular formula is C23H27F3N4O5S. The quantitative estimate of drug-likeness (QED) is 0.332. The van der Waals surface area contributed by atoms with Gasteiger partial charge in [-0.1, -0.05) is 19.9 Å². The fourth-order valence-electron chi connectivity index (χ4n) is 3.02. The van der Waals surface area contributed by atoms with Gasteiger partial charge in [0.25, 0.3) is 0 Å². The van der Waals surface area contributed by atoms with Gasteiger partial charge in [-0.05, 0) is 38.8 Å². The maximum absolute atomic E-state index is 13.8. The predicted octanol–water partition coefficient (Wildman–Crippen LogP) is 4.86. The zero-order chi connectivity index (χ0) is 27.3. The van der Waals surface area contributed by atoms with Gasteiger partial charge in [0.2, 0.25) is 11.8 Å². The molecule has 196 valence electrons. The maximum Gasteiger partial charge on any atom is 0.418 e. The first kappa shape index (κ1) is 28.8. The Balaban J connectivity index is 2.34. The molecule has 0 unspecified atom stereocenters. The van der Waals surface area contributed by atoms with E-state index in [2.05, 4.69) is 20.9 Å². The molecule has 0 aliphatic rings. The van der Waals surface area contributed by atoms with Crippen molar-refractivity contribution in [3.8, 4) is 0 Å². The maximum atomic E-state index is 13.8. The molecule has 2 rings (SSSR count). The number of nitrogens with one attached hydrogen (secondary N) is 3. The number of para-hydroxylation sites is 1. The van der Waals surface area contributed by atoms with Crippen LogP contribution in [-0.4, -0.2) is 40.3 Å². The summed E-state index contributed by atoms with van der Waals surface area (Å²) < 4.78 is 46.5. The first-order chi connectivity index (χ1) is 16.6. The van der Waals surface area contributed by atoms with E-state index < -0.39 is 70.7 Å². The Morgan fingerprint density at radius 1 is 1.08 bits per heavy atom. The number of amides is 3. The number of ketones is 1. The van der Waals surface area contributed by atoms with Crippen LogP contribution >= 0.6 is 11.3 Å². The van der Waals surface area contributed by atoms with Crippen LogP contribution in [0.1, 0.15) is 57.0 Å². The van der Waals surface area contributed by atoms with Crippen LogP contribution in [0.25, 0.3) is 0 Å². The van der Waals surface area contributed by atoms with Crippen molar-refractivity contribution in [1.29, 1.82) is 0 Å². The number of aromatic nitrogens is 1. The highest BCUT2D eigenvalue weighted by Gasteiger charge is 2.37. The zero-order valence-corrected chi connectivity index (χ0v) is 21.1. The average molecular weight is 529 g/mol. The molecule has 0 bridgehead atoms. The second kappa shape index (κ2) is 11.5. The van der Waals surface area contributed by atoms with E-state index in [1.54, 1.807) is 40.0 Å². The number of halogens is 3. The SMILES string of the molecule is CC(C)[C@H](NC(=O)OC(C)(C)C)C(=O)Nc1c(C(=O)CC(=O)Nc2nccs2)cccc1C(F)(F)F. The summed E-state index contributed by atoms with van der Waals surface area (Å²) in [6.45, 7) is 7.98. The van der Waals surface area contributed by atoms with E-state index >= 15 is 0 Å². The number of ether oxygens (including phenoxy) is 1. The van der Waals surface area contributed by atoms with E-state index in [-0.39, 0.29) is 5.13 Å². The summed E-state index contributed by atoms with van der Waals surface area (Å²) in [6, 6.07) is 1.50. The van der Waals surface area contributed by atoms with Gasteiger partial charge < -0.3 is 20.7 Å². The molecule has 0 aliphatic heterocycles. The molecule has 0 saturated carbocycles. The van der Waals surface area contributed by atoms with E-state index in [1.165, 1.54) is 6.20 Å². The number of anilines is 2. The van der Waals surface area contributed by atoms with Crippen molar-refractivity contribution < 1.29 is 37.1 Å². The molecular weight excluding hydrogens is 501 g/mol. The van der Waals surface area contributed by atoms with Gasteiger partial charge >= 0.3 is 12.3 Å². The summed E-state index contributed by atoms with van der Waals surface area (Å²) in [7, 11) is 0. The lowest BCUT2D eigenvalue weighted by Gasteiger charge is -2.26. The third kappa shape index (κ3) is 8.33. The molecule has 0 spiro atoms. The Hall–Kier alpha value is -3.48. The molecule has 9 nitrogen and oxygen atoms in total. The number of nitrogens with zero attached hydrogens (tertiary/aromatic N) is 1. The number of carbonyl (C=O) groups is 4. The second-order valence-electron chi connectivity index (χ2n) is 9.07. The summed E-state index contributed by atoms with van der Waals surface area (Å²) in [4.78, 5) is 54.1. The highest BCUT2D eigenvalue weighted by Crippen LogP contribution is 2.37. The van der Waals surface area contributed by atoms with Crippen LogP contribution in [0, 0.1) is 5.92 Å². The molecule has 36 heavy (non-hydrogen) atoms. The fraction of sp³-hybridized carbons (Fsp3) is 0.435. The molecule has 0 aliphatic carbocycles. The molecule has 1 atom stereocenters. The molecule has 0 fully saturated rings. The third-order valence-corrected chi connectivity index (χ3v) is 5.23. The van der Waals surface area contributed by atoms with Crippen LogP contribution in [0.4, 0.5) is 28.8 Å². The molecule has 1 aromatic carbocycles. The van der Waals surface area contributed by atoms with Crippen molar-refractivity contribution in [2.45, 2.75) is 58.9 Å². The van der Waals surface area contributed by atoms with Gasteiger partial charge in [-0.15, -0.1) is 11.3 Å². The summed E-state index contributed by atoms with van der Waals surface area (Å²) >= 11 is 1.10. The summed E-state index contributed by atoms with van der Waals surface area (Å²) in [6.07, 6.45) is -5.21. The summed E-state index contributed by atoms with van der Waals surface area (Å²) in [5.41, 5.74) is -3.46. The second-order valence-corrected chi connectivity index (χ2v) is 9.96. The summed E-state index contributed by atoms with van der Waals surface area (Å²) in [5.74, 6) is -3.27. The van der Waals surface area contributed by atoms with Crippen LogP contribution in [0.2, 0.25) is 0 Å². The number of Topliss-reactive ketones (excluding diaryl/α,β-unsaturated/α-hetero) is 1. The number of rotatable bonds is 8. The largest absolute Gasteiger partial charge is 0.444 e. The number of hydrogen-bond acceptors (Lipinski definition) is 7. The zero-order valence-electron chi connectivity index (χ0n) is 20.3. The lowest BCUT2D eigenvalue weighted by atomic mass is 9.99. The van der Waals surface area contributed by atoms with Gasteiger partial charge in [0.05, 0.1) is 17.7 Å². The van der Waals surface area contributed by atoms with Crippen molar-refractivity contribution in [2.24, 2.45) is 5.92 Å². The Morgan fingerprint density at radius 3 is 2.28 bits per heavy atom. The molecule has 1 heterocycles. The highest BCUT2D eigenvalue weighted by molar-refractivity contribution is 7.13. The predicted molar refractivity (Wildman–Crippen MR) is 128 cm³/mol. The highest BCUT2D eigenvalue weighted by atomic mass is 32.1. The van der Waals surface area contributed by atoms with Crippen molar-refractivity contribution in [3.05, 3.63) is 40.9 Å². The molecule has 0 saturated heterocycles. The number of alkyl carbamates (subject to hydrolysis) is 1. The van der Waals surface area contributed by atoms with Crippen LogP contribution in [0.3, 0.4) is 0 Å². The van der Waals surface area contributed by atoms with E-state index in [4.69, 9.17) is 4.74 Å². The topological polar surface area (TPSA) is 126 Å². The van der Waals surface area contributed by atoms with Crippen molar-refractivity contribution in [1.82, 2.24) is 10.3 Å². The van der Waals surface area contributed by atoms with E-state index in [0.29, 0.717) is 6.07 Å². The minimum atomic E-state index is -4.92. The number of thiazole rings is 1. The van der Waals surface area contributed by atoms with E-state index in [0.717, 1.165) is 23.5 Å². The number of alkyl halides is 3. The Labute approximate surface area is 209 Å².